The van der Waals surface area contributed by atoms with Crippen molar-refractivity contribution < 1.29 is 24.0 Å². The number of aromatic carboxylic acids is 1. The molecule has 0 bridgehead atoms. The van der Waals surface area contributed by atoms with Crippen molar-refractivity contribution in [3.8, 4) is 0 Å². The number of aromatic nitrogens is 1. The van der Waals surface area contributed by atoms with E-state index in [-0.39, 0.29) is 23.8 Å². The summed E-state index contributed by atoms with van der Waals surface area (Å²) < 4.78 is 9.97. The molecular formula is C16H16N2O5. The third-order valence-corrected chi connectivity index (χ3v) is 3.82. The standard InChI is InChI=1S/C16H16N2O5/c1-22-9-13-7-14(17-23-13)15(19)18-5-4-10-2-3-11(16(20)21)6-12(10)8-18/h2-3,6-7H,4-5,8-9H2,1H3,(H,20,21). The first-order valence-electron chi connectivity index (χ1n) is 7.17. The average molecular weight is 316 g/mol. The number of carbonyl (C=O) groups is 2. The van der Waals surface area contributed by atoms with Crippen molar-refractivity contribution in [2.24, 2.45) is 0 Å². The van der Waals surface area contributed by atoms with Crippen LogP contribution in [-0.2, 0) is 24.3 Å². The maximum Gasteiger partial charge on any atom is 0.335 e. The van der Waals surface area contributed by atoms with E-state index in [2.05, 4.69) is 5.16 Å². The molecule has 0 radical (unpaired) electrons. The molecule has 1 aliphatic heterocycles. The molecule has 1 N–H and O–H groups in total. The molecule has 7 heteroatoms. The lowest BCUT2D eigenvalue weighted by molar-refractivity contribution is 0.0696. The van der Waals surface area contributed by atoms with Gasteiger partial charge in [0.05, 0.1) is 5.56 Å². The fourth-order valence-electron chi connectivity index (χ4n) is 2.65. The monoisotopic (exact) mass is 316 g/mol. The highest BCUT2D eigenvalue weighted by Gasteiger charge is 2.25. The first-order valence-corrected chi connectivity index (χ1v) is 7.17. The Morgan fingerprint density at radius 1 is 1.35 bits per heavy atom. The Bertz CT molecular complexity index is 753. The fourth-order valence-corrected chi connectivity index (χ4v) is 2.65. The molecule has 0 spiro atoms. The van der Waals surface area contributed by atoms with E-state index in [4.69, 9.17) is 14.4 Å². The van der Waals surface area contributed by atoms with E-state index in [0.29, 0.717) is 25.3 Å². The summed E-state index contributed by atoms with van der Waals surface area (Å²) in [5.74, 6) is -0.721. The predicted molar refractivity (Wildman–Crippen MR) is 79.1 cm³/mol. The number of carbonyl (C=O) groups excluding carboxylic acids is 1. The molecule has 0 unspecified atom stereocenters. The van der Waals surface area contributed by atoms with Gasteiger partial charge in [-0.2, -0.15) is 0 Å². The second kappa shape index (κ2) is 6.21. The number of nitrogens with zero attached hydrogens (tertiary/aromatic N) is 2. The summed E-state index contributed by atoms with van der Waals surface area (Å²) in [6, 6.07) is 6.59. The van der Waals surface area contributed by atoms with E-state index >= 15 is 0 Å². The van der Waals surface area contributed by atoms with Gasteiger partial charge in [-0.1, -0.05) is 11.2 Å². The number of carboxylic acids is 1. The van der Waals surface area contributed by atoms with Crippen LogP contribution in [0.3, 0.4) is 0 Å². The molecule has 120 valence electrons. The molecule has 0 aliphatic carbocycles. The Morgan fingerprint density at radius 3 is 2.91 bits per heavy atom. The zero-order chi connectivity index (χ0) is 16.4. The summed E-state index contributed by atoms with van der Waals surface area (Å²) >= 11 is 0. The van der Waals surface area contributed by atoms with Crippen LogP contribution in [0.25, 0.3) is 0 Å². The number of benzene rings is 1. The highest BCUT2D eigenvalue weighted by atomic mass is 16.5. The minimum atomic E-state index is -0.975. The molecule has 7 nitrogen and oxygen atoms in total. The van der Waals surface area contributed by atoms with Gasteiger partial charge >= 0.3 is 5.97 Å². The van der Waals surface area contributed by atoms with Crippen LogP contribution in [-0.4, -0.2) is 40.7 Å². The first-order chi connectivity index (χ1) is 11.1. The molecule has 0 saturated carbocycles. The molecule has 23 heavy (non-hydrogen) atoms. The SMILES string of the molecule is COCc1cc(C(=O)N2CCc3ccc(C(=O)O)cc3C2)no1. The smallest absolute Gasteiger partial charge is 0.335 e. The van der Waals surface area contributed by atoms with E-state index in [1.54, 1.807) is 23.1 Å². The molecule has 0 atom stereocenters. The Balaban J connectivity index is 1.78. The molecule has 0 saturated heterocycles. The van der Waals surface area contributed by atoms with Gasteiger partial charge in [-0.15, -0.1) is 0 Å². The topological polar surface area (TPSA) is 92.9 Å². The number of rotatable bonds is 4. The van der Waals surface area contributed by atoms with E-state index in [0.717, 1.165) is 11.1 Å². The maximum absolute atomic E-state index is 12.5. The molecule has 3 rings (SSSR count). The zero-order valence-corrected chi connectivity index (χ0v) is 12.6. The van der Waals surface area contributed by atoms with Crippen LogP contribution in [0.4, 0.5) is 0 Å². The molecule has 1 amide bonds. The zero-order valence-electron chi connectivity index (χ0n) is 12.6. The van der Waals surface area contributed by atoms with Crippen LogP contribution in [0, 0.1) is 0 Å². The molecule has 0 fully saturated rings. The summed E-state index contributed by atoms with van der Waals surface area (Å²) in [6.07, 6.45) is 0.684. The number of hydrogen-bond donors (Lipinski definition) is 1. The van der Waals surface area contributed by atoms with Gasteiger partial charge < -0.3 is 19.3 Å². The third-order valence-electron chi connectivity index (χ3n) is 3.82. The predicted octanol–water partition coefficient (Wildman–Crippen LogP) is 1.72. The summed E-state index contributed by atoms with van der Waals surface area (Å²) in [5.41, 5.74) is 2.38. The summed E-state index contributed by atoms with van der Waals surface area (Å²) in [6.45, 7) is 1.18. The van der Waals surface area contributed by atoms with Crippen molar-refractivity contribution in [2.45, 2.75) is 19.6 Å². The van der Waals surface area contributed by atoms with Gasteiger partial charge in [0.15, 0.2) is 11.5 Å². The number of ether oxygens (including phenoxy) is 1. The third kappa shape index (κ3) is 3.09. The van der Waals surface area contributed by atoms with Gasteiger partial charge in [0, 0.05) is 26.3 Å². The molecule has 2 aromatic rings. The van der Waals surface area contributed by atoms with Gasteiger partial charge in [-0.25, -0.2) is 4.79 Å². The Morgan fingerprint density at radius 2 is 2.17 bits per heavy atom. The normalized spacial score (nSPS) is 13.7. The van der Waals surface area contributed by atoms with E-state index < -0.39 is 5.97 Å². The highest BCUT2D eigenvalue weighted by Crippen LogP contribution is 2.22. The summed E-state index contributed by atoms with van der Waals surface area (Å²) in [7, 11) is 1.53. The van der Waals surface area contributed by atoms with Gasteiger partial charge in [0.1, 0.15) is 6.61 Å². The minimum absolute atomic E-state index is 0.224. The van der Waals surface area contributed by atoms with Gasteiger partial charge in [-0.3, -0.25) is 4.79 Å². The van der Waals surface area contributed by atoms with E-state index in [1.807, 2.05) is 6.07 Å². The fraction of sp³-hybridized carbons (Fsp3) is 0.312. The van der Waals surface area contributed by atoms with Gasteiger partial charge in [-0.05, 0) is 29.7 Å². The maximum atomic E-state index is 12.5. The number of amides is 1. The molecule has 2 heterocycles. The van der Waals surface area contributed by atoms with Crippen molar-refractivity contribution in [1.82, 2.24) is 10.1 Å². The molecule has 1 aliphatic rings. The van der Waals surface area contributed by atoms with Crippen LogP contribution < -0.4 is 0 Å². The Labute approximate surface area is 132 Å². The Hall–Kier alpha value is -2.67. The van der Waals surface area contributed by atoms with Gasteiger partial charge in [0.2, 0.25) is 0 Å². The van der Waals surface area contributed by atoms with Crippen LogP contribution in [0.5, 0.6) is 0 Å². The van der Waals surface area contributed by atoms with Crippen molar-refractivity contribution in [2.75, 3.05) is 13.7 Å². The van der Waals surface area contributed by atoms with E-state index in [9.17, 15) is 9.59 Å². The minimum Gasteiger partial charge on any atom is -0.478 e. The Kier molecular flexibility index (Phi) is 4.12. The summed E-state index contributed by atoms with van der Waals surface area (Å²) in [4.78, 5) is 25.2. The van der Waals surface area contributed by atoms with Crippen LogP contribution in [0.2, 0.25) is 0 Å². The van der Waals surface area contributed by atoms with Crippen molar-refractivity contribution in [3.05, 3.63) is 52.4 Å². The number of fused-ring (bicyclic) bond motifs is 1. The number of carboxylic acid groups (broad SMARTS) is 1. The number of hydrogen-bond acceptors (Lipinski definition) is 5. The number of methoxy groups -OCH3 is 1. The largest absolute Gasteiger partial charge is 0.478 e. The molecule has 1 aromatic heterocycles. The highest BCUT2D eigenvalue weighted by molar-refractivity contribution is 5.92. The molecule has 1 aromatic carbocycles. The first kappa shape index (κ1) is 15.2. The van der Waals surface area contributed by atoms with Crippen molar-refractivity contribution in [3.63, 3.8) is 0 Å². The quantitative estimate of drug-likeness (QED) is 0.923. The second-order valence-electron chi connectivity index (χ2n) is 5.38. The second-order valence-corrected chi connectivity index (χ2v) is 5.38. The van der Waals surface area contributed by atoms with Crippen LogP contribution in [0.15, 0.2) is 28.8 Å². The average Bonchev–Trinajstić information content (AvgIpc) is 3.02. The van der Waals surface area contributed by atoms with E-state index in [1.165, 1.54) is 7.11 Å². The van der Waals surface area contributed by atoms with Crippen molar-refractivity contribution >= 4 is 11.9 Å². The van der Waals surface area contributed by atoms with Crippen LogP contribution >= 0.6 is 0 Å². The lowest BCUT2D eigenvalue weighted by Crippen LogP contribution is -2.36. The van der Waals surface area contributed by atoms with Gasteiger partial charge in [0.25, 0.3) is 5.91 Å². The molecular weight excluding hydrogens is 300 g/mol. The lowest BCUT2D eigenvalue weighted by atomic mass is 9.97. The van der Waals surface area contributed by atoms with Crippen LogP contribution in [0.1, 0.15) is 37.7 Å². The summed E-state index contributed by atoms with van der Waals surface area (Å²) in [5, 5.41) is 12.8. The lowest BCUT2D eigenvalue weighted by Gasteiger charge is -2.28. The van der Waals surface area contributed by atoms with Crippen molar-refractivity contribution in [1.29, 1.82) is 0 Å².